The van der Waals surface area contributed by atoms with Gasteiger partial charge in [-0.3, -0.25) is 4.57 Å². The summed E-state index contributed by atoms with van der Waals surface area (Å²) in [5, 5.41) is 6.69. The van der Waals surface area contributed by atoms with Crippen LogP contribution in [0.25, 0.3) is 11.0 Å². The van der Waals surface area contributed by atoms with E-state index in [9.17, 15) is 4.79 Å². The third-order valence-corrected chi connectivity index (χ3v) is 4.97. The van der Waals surface area contributed by atoms with Gasteiger partial charge in [0.25, 0.3) is 0 Å². The average Bonchev–Trinajstić information content (AvgIpc) is 2.99. The summed E-state index contributed by atoms with van der Waals surface area (Å²) in [6.45, 7) is 3.89. The van der Waals surface area contributed by atoms with Gasteiger partial charge in [0.2, 0.25) is 0 Å². The molecule has 1 aliphatic heterocycles. The molecule has 3 heterocycles. The largest absolute Gasteiger partial charge is 0.497 e. The molecule has 1 saturated heterocycles. The van der Waals surface area contributed by atoms with Crippen LogP contribution in [0.5, 0.6) is 5.75 Å². The fraction of sp³-hybridized carbons (Fsp3) is 0.368. The summed E-state index contributed by atoms with van der Waals surface area (Å²) >= 11 is 0. The molecule has 26 heavy (non-hydrogen) atoms. The molecule has 1 aliphatic rings. The van der Waals surface area contributed by atoms with E-state index in [4.69, 9.17) is 4.74 Å². The fourth-order valence-electron chi connectivity index (χ4n) is 3.56. The average molecular weight is 353 g/mol. The number of anilines is 2. The van der Waals surface area contributed by atoms with E-state index in [2.05, 4.69) is 20.6 Å². The minimum Gasteiger partial charge on any atom is -0.497 e. The molecule has 1 fully saturated rings. The molecule has 7 heteroatoms. The lowest BCUT2D eigenvalue weighted by molar-refractivity contribution is 0.368. The van der Waals surface area contributed by atoms with E-state index >= 15 is 0 Å². The number of benzene rings is 1. The Balaban J connectivity index is 1.69. The summed E-state index contributed by atoms with van der Waals surface area (Å²) in [4.78, 5) is 19.8. The van der Waals surface area contributed by atoms with Crippen molar-refractivity contribution < 1.29 is 4.74 Å². The lowest BCUT2D eigenvalue weighted by Crippen LogP contribution is -2.33. The Morgan fingerprint density at radius 1 is 1.27 bits per heavy atom. The number of rotatable bonds is 4. The highest BCUT2D eigenvalue weighted by Gasteiger charge is 2.20. The molecule has 1 aromatic carbocycles. The van der Waals surface area contributed by atoms with Gasteiger partial charge in [-0.1, -0.05) is 0 Å². The summed E-state index contributed by atoms with van der Waals surface area (Å²) in [5.74, 6) is 1.54. The summed E-state index contributed by atoms with van der Waals surface area (Å²) in [7, 11) is 1.66. The molecule has 3 N–H and O–H groups in total. The van der Waals surface area contributed by atoms with Crippen LogP contribution in [0.4, 0.5) is 11.5 Å². The first-order chi connectivity index (χ1) is 12.7. The summed E-state index contributed by atoms with van der Waals surface area (Å²) < 4.78 is 7.13. The van der Waals surface area contributed by atoms with Crippen molar-refractivity contribution in [2.75, 3.05) is 25.5 Å². The van der Waals surface area contributed by atoms with Crippen molar-refractivity contribution in [1.82, 2.24) is 19.9 Å². The van der Waals surface area contributed by atoms with E-state index in [1.165, 1.54) is 0 Å². The van der Waals surface area contributed by atoms with Crippen molar-refractivity contribution in [3.05, 3.63) is 46.5 Å². The highest BCUT2D eigenvalue weighted by Crippen LogP contribution is 2.26. The van der Waals surface area contributed by atoms with Crippen molar-refractivity contribution >= 4 is 22.5 Å². The number of hydrogen-bond acceptors (Lipinski definition) is 5. The van der Waals surface area contributed by atoms with Crippen molar-refractivity contribution in [3.63, 3.8) is 0 Å². The van der Waals surface area contributed by atoms with Crippen LogP contribution in [0.15, 0.2) is 35.3 Å². The van der Waals surface area contributed by atoms with Crippen LogP contribution < -0.4 is 21.1 Å². The lowest BCUT2D eigenvalue weighted by atomic mass is 10.1. The van der Waals surface area contributed by atoms with Gasteiger partial charge in [0.15, 0.2) is 0 Å². The quantitative estimate of drug-likeness (QED) is 0.672. The smallest absolute Gasteiger partial charge is 0.326 e. The summed E-state index contributed by atoms with van der Waals surface area (Å²) in [5.41, 5.74) is 3.63. The second-order valence-electron chi connectivity index (χ2n) is 6.67. The second kappa shape index (κ2) is 6.84. The third kappa shape index (κ3) is 3.06. The maximum atomic E-state index is 12.5. The molecule has 4 rings (SSSR count). The number of pyridine rings is 1. The van der Waals surface area contributed by atoms with Gasteiger partial charge in [-0.25, -0.2) is 9.78 Å². The zero-order valence-corrected chi connectivity index (χ0v) is 15.0. The molecule has 2 aromatic heterocycles. The lowest BCUT2D eigenvalue weighted by Gasteiger charge is -2.23. The van der Waals surface area contributed by atoms with Gasteiger partial charge in [-0.05, 0) is 56.6 Å². The molecule has 0 atom stereocenters. The van der Waals surface area contributed by atoms with Crippen LogP contribution in [0.2, 0.25) is 0 Å². The standard InChI is InChI=1S/C19H23N5O2/c1-12-9-14(26-2)3-4-15(12)22-18-10-17-16(11-21-18)23-19(25)24(17)13-5-7-20-8-6-13/h3-4,9-11,13,20H,5-8H2,1-2H3,(H,21,22)(H,23,25). The van der Waals surface area contributed by atoms with Gasteiger partial charge < -0.3 is 20.4 Å². The van der Waals surface area contributed by atoms with Crippen molar-refractivity contribution in [1.29, 1.82) is 0 Å². The molecule has 7 nitrogen and oxygen atoms in total. The van der Waals surface area contributed by atoms with Crippen molar-refractivity contribution in [2.45, 2.75) is 25.8 Å². The molecule has 0 amide bonds. The molecule has 136 valence electrons. The van der Waals surface area contributed by atoms with E-state index in [1.807, 2.05) is 35.8 Å². The molecular weight excluding hydrogens is 330 g/mol. The van der Waals surface area contributed by atoms with Gasteiger partial charge in [-0.15, -0.1) is 0 Å². The number of aromatic amines is 1. The number of aromatic nitrogens is 3. The normalized spacial score (nSPS) is 15.3. The maximum absolute atomic E-state index is 12.5. The number of H-pyrrole nitrogens is 1. The first kappa shape index (κ1) is 16.7. The topological polar surface area (TPSA) is 84.0 Å². The Hall–Kier alpha value is -2.80. The van der Waals surface area contributed by atoms with E-state index in [1.54, 1.807) is 13.3 Å². The Bertz CT molecular complexity index is 985. The third-order valence-electron chi connectivity index (χ3n) is 4.97. The van der Waals surface area contributed by atoms with Crippen LogP contribution in [-0.4, -0.2) is 34.7 Å². The van der Waals surface area contributed by atoms with Crippen molar-refractivity contribution in [3.8, 4) is 5.75 Å². The molecule has 0 saturated carbocycles. The Morgan fingerprint density at radius 2 is 2.08 bits per heavy atom. The zero-order chi connectivity index (χ0) is 18.1. The number of ether oxygens (including phenoxy) is 1. The zero-order valence-electron chi connectivity index (χ0n) is 15.0. The van der Waals surface area contributed by atoms with Gasteiger partial charge >= 0.3 is 5.69 Å². The number of hydrogen-bond donors (Lipinski definition) is 3. The molecular formula is C19H23N5O2. The van der Waals surface area contributed by atoms with Crippen LogP contribution in [-0.2, 0) is 0 Å². The molecule has 3 aromatic rings. The molecule has 0 spiro atoms. The molecule has 0 unspecified atom stereocenters. The fourth-order valence-corrected chi connectivity index (χ4v) is 3.56. The van der Waals surface area contributed by atoms with Gasteiger partial charge in [0.1, 0.15) is 11.6 Å². The number of fused-ring (bicyclic) bond motifs is 1. The molecule has 0 radical (unpaired) electrons. The number of aryl methyl sites for hydroxylation is 1. The van der Waals surface area contributed by atoms with Gasteiger partial charge in [0, 0.05) is 17.8 Å². The minimum absolute atomic E-state index is 0.0634. The summed E-state index contributed by atoms with van der Waals surface area (Å²) in [6.07, 6.45) is 3.63. The van der Waals surface area contributed by atoms with Crippen LogP contribution in [0, 0.1) is 6.92 Å². The SMILES string of the molecule is COc1ccc(Nc2cc3c(cn2)[nH]c(=O)n3C2CCNCC2)c(C)c1. The first-order valence-electron chi connectivity index (χ1n) is 8.88. The number of piperidine rings is 1. The van der Waals surface area contributed by atoms with Gasteiger partial charge in [0.05, 0.1) is 24.3 Å². The molecule has 0 aliphatic carbocycles. The van der Waals surface area contributed by atoms with Crippen LogP contribution in [0.1, 0.15) is 24.4 Å². The van der Waals surface area contributed by atoms with E-state index in [0.717, 1.165) is 54.0 Å². The van der Waals surface area contributed by atoms with E-state index in [0.29, 0.717) is 5.82 Å². The second-order valence-corrected chi connectivity index (χ2v) is 6.67. The number of nitrogens with zero attached hydrogens (tertiary/aromatic N) is 2. The summed E-state index contributed by atoms with van der Waals surface area (Å²) in [6, 6.07) is 8.02. The Labute approximate surface area is 151 Å². The highest BCUT2D eigenvalue weighted by molar-refractivity contribution is 5.78. The monoisotopic (exact) mass is 353 g/mol. The van der Waals surface area contributed by atoms with Crippen LogP contribution >= 0.6 is 0 Å². The Kier molecular flexibility index (Phi) is 4.38. The first-order valence-corrected chi connectivity index (χ1v) is 8.88. The minimum atomic E-state index is -0.0634. The maximum Gasteiger partial charge on any atom is 0.326 e. The van der Waals surface area contributed by atoms with Gasteiger partial charge in [-0.2, -0.15) is 0 Å². The predicted octanol–water partition coefficient (Wildman–Crippen LogP) is 2.71. The number of methoxy groups -OCH3 is 1. The Morgan fingerprint density at radius 3 is 2.81 bits per heavy atom. The number of imidazole rings is 1. The van der Waals surface area contributed by atoms with E-state index < -0.39 is 0 Å². The predicted molar refractivity (Wildman–Crippen MR) is 103 cm³/mol. The van der Waals surface area contributed by atoms with E-state index in [-0.39, 0.29) is 11.7 Å². The van der Waals surface area contributed by atoms with Crippen molar-refractivity contribution in [2.24, 2.45) is 0 Å². The number of nitrogens with one attached hydrogen (secondary N) is 3. The van der Waals surface area contributed by atoms with Crippen LogP contribution in [0.3, 0.4) is 0 Å². The highest BCUT2D eigenvalue weighted by atomic mass is 16.5. The molecule has 0 bridgehead atoms.